The van der Waals surface area contributed by atoms with E-state index in [1.54, 1.807) is 12.1 Å². The number of amides is 2. The second-order valence-corrected chi connectivity index (χ2v) is 8.19. The van der Waals surface area contributed by atoms with Crippen LogP contribution in [-0.2, 0) is 10.5 Å². The summed E-state index contributed by atoms with van der Waals surface area (Å²) in [4.78, 5) is 35.7. The minimum Gasteiger partial charge on any atom is -0.508 e. The van der Waals surface area contributed by atoms with Crippen LogP contribution in [0.15, 0.2) is 84.0 Å². The summed E-state index contributed by atoms with van der Waals surface area (Å²) in [7, 11) is 0. The number of phenolic OH excluding ortho intramolecular Hbond substituents is 1. The van der Waals surface area contributed by atoms with Crippen LogP contribution in [0.3, 0.4) is 0 Å². The number of phenols is 1. The van der Waals surface area contributed by atoms with Crippen LogP contribution in [-0.4, -0.2) is 39.9 Å². The van der Waals surface area contributed by atoms with E-state index in [0.29, 0.717) is 11.3 Å². The highest BCUT2D eigenvalue weighted by atomic mass is 32.2. The maximum atomic E-state index is 12.8. The minimum atomic E-state index is -0.895. The van der Waals surface area contributed by atoms with E-state index in [1.165, 1.54) is 54.4 Å². The first-order valence-electron chi connectivity index (χ1n) is 10.2. The molecule has 3 aromatic rings. The van der Waals surface area contributed by atoms with Gasteiger partial charge in [0, 0.05) is 29.2 Å². The average Bonchev–Trinajstić information content (AvgIpc) is 2.85. The number of hydrogen-bond acceptors (Lipinski definition) is 7. The lowest BCUT2D eigenvalue weighted by molar-refractivity contribution is -0.384. The summed E-state index contributed by atoms with van der Waals surface area (Å²) in [5.41, 5.74) is 4.24. The molecule has 0 aliphatic heterocycles. The molecule has 9 nitrogen and oxygen atoms in total. The van der Waals surface area contributed by atoms with Crippen molar-refractivity contribution in [1.29, 1.82) is 0 Å². The van der Waals surface area contributed by atoms with Crippen LogP contribution in [0, 0.1) is 10.1 Å². The molecule has 3 N–H and O–H groups in total. The van der Waals surface area contributed by atoms with Crippen LogP contribution >= 0.6 is 11.8 Å². The van der Waals surface area contributed by atoms with Crippen molar-refractivity contribution in [3.63, 3.8) is 0 Å². The van der Waals surface area contributed by atoms with Gasteiger partial charge in [0.15, 0.2) is 0 Å². The second kappa shape index (κ2) is 12.2. The number of nitrogens with one attached hydrogen (secondary N) is 2. The molecule has 0 fully saturated rings. The zero-order valence-electron chi connectivity index (χ0n) is 18.0. The zero-order valence-corrected chi connectivity index (χ0v) is 18.8. The molecule has 0 saturated heterocycles. The van der Waals surface area contributed by atoms with E-state index in [0.717, 1.165) is 5.56 Å². The van der Waals surface area contributed by atoms with Crippen molar-refractivity contribution in [2.24, 2.45) is 5.10 Å². The fraction of sp³-hybridized carbons (Fsp3) is 0.125. The van der Waals surface area contributed by atoms with E-state index < -0.39 is 22.8 Å². The first kappa shape index (κ1) is 24.5. The summed E-state index contributed by atoms with van der Waals surface area (Å²) < 4.78 is 0. The Morgan fingerprint density at radius 3 is 2.35 bits per heavy atom. The van der Waals surface area contributed by atoms with Gasteiger partial charge in [0.1, 0.15) is 11.8 Å². The lowest BCUT2D eigenvalue weighted by Gasteiger charge is -2.17. The number of hydrazone groups is 1. The third-order valence-corrected chi connectivity index (χ3v) is 5.75. The Kier molecular flexibility index (Phi) is 8.75. The Balaban J connectivity index is 1.65. The van der Waals surface area contributed by atoms with Crippen molar-refractivity contribution >= 4 is 35.5 Å². The summed E-state index contributed by atoms with van der Waals surface area (Å²) >= 11 is 1.47. The maximum Gasteiger partial charge on any atom is 0.269 e. The van der Waals surface area contributed by atoms with Gasteiger partial charge < -0.3 is 10.4 Å². The summed E-state index contributed by atoms with van der Waals surface area (Å²) in [6.07, 6.45) is 1.42. The van der Waals surface area contributed by atoms with Crippen LogP contribution in [0.25, 0.3) is 0 Å². The van der Waals surface area contributed by atoms with Crippen molar-refractivity contribution in [2.75, 3.05) is 5.75 Å². The monoisotopic (exact) mass is 478 g/mol. The molecule has 0 spiro atoms. The van der Waals surface area contributed by atoms with Crippen LogP contribution in [0.1, 0.15) is 21.5 Å². The van der Waals surface area contributed by atoms with E-state index in [9.17, 15) is 24.8 Å². The number of nitro groups is 1. The fourth-order valence-corrected chi connectivity index (χ4v) is 3.85. The van der Waals surface area contributed by atoms with Gasteiger partial charge in [-0.1, -0.05) is 30.3 Å². The molecule has 0 heterocycles. The van der Waals surface area contributed by atoms with Gasteiger partial charge in [-0.15, -0.1) is 0 Å². The van der Waals surface area contributed by atoms with Crippen LogP contribution in [0.4, 0.5) is 5.69 Å². The third-order valence-electron chi connectivity index (χ3n) is 4.64. The third kappa shape index (κ3) is 7.45. The van der Waals surface area contributed by atoms with Crippen LogP contribution in [0.2, 0.25) is 0 Å². The molecule has 2 amide bonds. The number of nitro benzene ring substituents is 1. The molecule has 0 radical (unpaired) electrons. The first-order chi connectivity index (χ1) is 16.4. The minimum absolute atomic E-state index is 0.116. The summed E-state index contributed by atoms with van der Waals surface area (Å²) in [6, 6.07) is 20.2. The van der Waals surface area contributed by atoms with Gasteiger partial charge in [0.25, 0.3) is 17.5 Å². The molecule has 34 heavy (non-hydrogen) atoms. The molecule has 1 atom stereocenters. The van der Waals surface area contributed by atoms with Crippen molar-refractivity contribution in [2.45, 2.75) is 11.8 Å². The molecule has 0 unspecified atom stereocenters. The van der Waals surface area contributed by atoms with Gasteiger partial charge in [-0.3, -0.25) is 19.7 Å². The predicted octanol–water partition coefficient (Wildman–Crippen LogP) is 3.48. The quantitative estimate of drug-likeness (QED) is 0.232. The number of rotatable bonds is 10. The van der Waals surface area contributed by atoms with Crippen molar-refractivity contribution in [3.05, 3.63) is 106 Å². The van der Waals surface area contributed by atoms with Gasteiger partial charge >= 0.3 is 0 Å². The molecule has 10 heteroatoms. The Morgan fingerprint density at radius 1 is 1.03 bits per heavy atom. The molecule has 3 rings (SSSR count). The Hall–Kier alpha value is -4.18. The van der Waals surface area contributed by atoms with E-state index in [2.05, 4.69) is 15.8 Å². The second-order valence-electron chi connectivity index (χ2n) is 7.16. The topological polar surface area (TPSA) is 134 Å². The number of benzene rings is 3. The first-order valence-corrected chi connectivity index (χ1v) is 11.4. The highest BCUT2D eigenvalue weighted by Crippen LogP contribution is 2.15. The van der Waals surface area contributed by atoms with E-state index >= 15 is 0 Å². The molecule has 0 aromatic heterocycles. The lowest BCUT2D eigenvalue weighted by Crippen LogP contribution is -2.47. The fourth-order valence-electron chi connectivity index (χ4n) is 2.84. The van der Waals surface area contributed by atoms with Crippen LogP contribution in [0.5, 0.6) is 5.75 Å². The van der Waals surface area contributed by atoms with E-state index in [-0.39, 0.29) is 22.8 Å². The normalized spacial score (nSPS) is 11.6. The molecule has 174 valence electrons. The van der Waals surface area contributed by atoms with Gasteiger partial charge in [-0.05, 0) is 47.5 Å². The Morgan fingerprint density at radius 2 is 1.71 bits per heavy atom. The summed E-state index contributed by atoms with van der Waals surface area (Å²) in [5, 5.41) is 26.8. The van der Waals surface area contributed by atoms with Crippen molar-refractivity contribution in [3.8, 4) is 5.75 Å². The Bertz CT molecular complexity index is 1150. The maximum absolute atomic E-state index is 12.8. The zero-order chi connectivity index (χ0) is 24.3. The SMILES string of the molecule is O=C(N[C@@H](CSCc1ccccc1)C(=O)N/N=C\c1ccc(O)cc1)c1ccc([N+](=O)[O-])cc1. The van der Waals surface area contributed by atoms with Gasteiger partial charge in [-0.25, -0.2) is 5.43 Å². The number of aromatic hydroxyl groups is 1. The highest BCUT2D eigenvalue weighted by molar-refractivity contribution is 7.98. The average molecular weight is 479 g/mol. The number of non-ortho nitro benzene ring substituents is 1. The number of nitrogens with zero attached hydrogens (tertiary/aromatic N) is 2. The van der Waals surface area contributed by atoms with E-state index in [4.69, 9.17) is 0 Å². The molecule has 0 aliphatic carbocycles. The number of carbonyl (C=O) groups excluding carboxylic acids is 2. The van der Waals surface area contributed by atoms with Crippen LogP contribution < -0.4 is 10.7 Å². The van der Waals surface area contributed by atoms with Crippen molar-refractivity contribution in [1.82, 2.24) is 10.7 Å². The number of thioether (sulfide) groups is 1. The molecular weight excluding hydrogens is 456 g/mol. The lowest BCUT2D eigenvalue weighted by atomic mass is 10.2. The van der Waals surface area contributed by atoms with E-state index in [1.807, 2.05) is 30.3 Å². The molecular formula is C24H22N4O5S. The number of hydrogen-bond donors (Lipinski definition) is 3. The predicted molar refractivity (Wildman–Crippen MR) is 131 cm³/mol. The standard InChI is InChI=1S/C24H22N4O5S/c29-21-12-6-17(7-13-21)14-25-27-24(31)22(16-34-15-18-4-2-1-3-5-18)26-23(30)19-8-10-20(11-9-19)28(32)33/h1-14,22,29H,15-16H2,(H,26,30)(H,27,31)/b25-14-/t22-/m0/s1. The summed E-state index contributed by atoms with van der Waals surface area (Å²) in [5.74, 6) is 0.0116. The molecule has 0 aliphatic rings. The van der Waals surface area contributed by atoms with Gasteiger partial charge in [-0.2, -0.15) is 16.9 Å². The summed E-state index contributed by atoms with van der Waals surface area (Å²) in [6.45, 7) is 0. The largest absolute Gasteiger partial charge is 0.508 e. The number of carbonyl (C=O) groups is 2. The van der Waals surface area contributed by atoms with Crippen molar-refractivity contribution < 1.29 is 19.6 Å². The van der Waals surface area contributed by atoms with Gasteiger partial charge in [0.2, 0.25) is 0 Å². The highest BCUT2D eigenvalue weighted by Gasteiger charge is 2.22. The smallest absolute Gasteiger partial charge is 0.269 e. The Labute approximate surface area is 200 Å². The van der Waals surface area contributed by atoms with Gasteiger partial charge in [0.05, 0.1) is 11.1 Å². The molecule has 0 saturated carbocycles. The molecule has 0 bridgehead atoms. The molecule has 3 aromatic carbocycles.